The Morgan fingerprint density at radius 2 is 1.95 bits per heavy atom. The lowest BCUT2D eigenvalue weighted by Gasteiger charge is -2.20. The largest absolute Gasteiger partial charge is 0.479 e. The first-order valence-corrected chi connectivity index (χ1v) is 5.80. The van der Waals surface area contributed by atoms with Gasteiger partial charge in [0.05, 0.1) is 0 Å². The lowest BCUT2D eigenvalue weighted by atomic mass is 10.1. The first-order chi connectivity index (χ1) is 9.10. The number of carbonyl (C=O) groups excluding carboxylic acids is 1. The topological polar surface area (TPSA) is 95.9 Å². The average Bonchev–Trinajstić information content (AvgIpc) is 2.28. The summed E-state index contributed by atoms with van der Waals surface area (Å²) in [7, 11) is 0. The van der Waals surface area contributed by atoms with Gasteiger partial charge in [0.25, 0.3) is 0 Å². The molecular formula is C13H16FNO5. The number of nitrogens with one attached hydrogen (secondary N) is 1. The highest BCUT2D eigenvalue weighted by Crippen LogP contribution is 2.22. The fraction of sp³-hybridized carbons (Fsp3) is 0.385. The van der Waals surface area contributed by atoms with Crippen molar-refractivity contribution in [3.8, 4) is 0 Å². The molecule has 0 aliphatic heterocycles. The van der Waals surface area contributed by atoms with Gasteiger partial charge in [0, 0.05) is 11.3 Å². The Balaban J connectivity index is 2.91. The van der Waals surface area contributed by atoms with Crippen molar-refractivity contribution in [1.29, 1.82) is 0 Å². The Labute approximate surface area is 115 Å². The number of ether oxygens (including phenoxy) is 1. The van der Waals surface area contributed by atoms with E-state index in [0.717, 1.165) is 12.1 Å². The van der Waals surface area contributed by atoms with Crippen molar-refractivity contribution in [2.24, 2.45) is 0 Å². The quantitative estimate of drug-likeness (QED) is 0.791. The molecule has 0 fully saturated rings. The number of amides is 1. The van der Waals surface area contributed by atoms with Crippen LogP contribution in [0.5, 0.6) is 0 Å². The molecule has 3 N–H and O–H groups in total. The smallest absolute Gasteiger partial charge is 0.412 e. The number of carboxylic acid groups (broad SMARTS) is 1. The molecule has 20 heavy (non-hydrogen) atoms. The molecular weight excluding hydrogens is 269 g/mol. The molecule has 0 aliphatic carbocycles. The molecule has 0 spiro atoms. The maximum Gasteiger partial charge on any atom is 0.412 e. The highest BCUT2D eigenvalue weighted by atomic mass is 19.1. The molecule has 1 amide bonds. The van der Waals surface area contributed by atoms with Crippen molar-refractivity contribution in [3.05, 3.63) is 29.6 Å². The highest BCUT2D eigenvalue weighted by Gasteiger charge is 2.21. The van der Waals surface area contributed by atoms with Crippen LogP contribution in [0.1, 0.15) is 32.4 Å². The summed E-state index contributed by atoms with van der Waals surface area (Å²) in [4.78, 5) is 22.2. The number of halogens is 1. The Bertz CT molecular complexity index is 524. The summed E-state index contributed by atoms with van der Waals surface area (Å²) < 4.78 is 18.4. The monoisotopic (exact) mass is 285 g/mol. The number of carboxylic acids is 1. The van der Waals surface area contributed by atoms with E-state index in [1.54, 1.807) is 20.8 Å². The first kappa shape index (κ1) is 15.9. The molecule has 0 aliphatic rings. The van der Waals surface area contributed by atoms with Gasteiger partial charge >= 0.3 is 12.1 Å². The summed E-state index contributed by atoms with van der Waals surface area (Å²) in [5.74, 6) is -2.46. The standard InChI is InChI=1S/C13H16FNO5/c1-13(2,3)20-12(19)15-7-4-5-9(14)8(6-7)10(16)11(17)18/h4-6,10,16H,1-3H3,(H,15,19)(H,17,18). The predicted octanol–water partition coefficient (Wildman–Crippen LogP) is 2.29. The number of carbonyl (C=O) groups is 2. The Morgan fingerprint density at radius 1 is 1.35 bits per heavy atom. The second-order valence-corrected chi connectivity index (χ2v) is 5.10. The third kappa shape index (κ3) is 4.51. The number of rotatable bonds is 3. The second-order valence-electron chi connectivity index (χ2n) is 5.10. The van der Waals surface area contributed by atoms with E-state index in [0.29, 0.717) is 0 Å². The Hall–Kier alpha value is -2.15. The molecule has 0 bridgehead atoms. The van der Waals surface area contributed by atoms with Crippen molar-refractivity contribution < 1.29 is 28.9 Å². The molecule has 0 radical (unpaired) electrons. The maximum atomic E-state index is 13.4. The average molecular weight is 285 g/mol. The van der Waals surface area contributed by atoms with Gasteiger partial charge in [-0.3, -0.25) is 5.32 Å². The van der Waals surface area contributed by atoms with Gasteiger partial charge in [0.15, 0.2) is 6.10 Å². The van der Waals surface area contributed by atoms with Crippen molar-refractivity contribution in [1.82, 2.24) is 0 Å². The van der Waals surface area contributed by atoms with Crippen LogP contribution in [-0.4, -0.2) is 27.9 Å². The van der Waals surface area contributed by atoms with Crippen molar-refractivity contribution >= 4 is 17.7 Å². The zero-order chi connectivity index (χ0) is 15.5. The SMILES string of the molecule is CC(C)(C)OC(=O)Nc1ccc(F)c(C(O)C(=O)O)c1. The van der Waals surface area contributed by atoms with Gasteiger partial charge in [-0.25, -0.2) is 14.0 Å². The molecule has 1 rings (SSSR count). The number of hydrogen-bond acceptors (Lipinski definition) is 4. The van der Waals surface area contributed by atoms with Crippen molar-refractivity contribution in [3.63, 3.8) is 0 Å². The summed E-state index contributed by atoms with van der Waals surface area (Å²) in [5, 5.41) is 20.3. The van der Waals surface area contributed by atoms with Crippen LogP contribution in [0.3, 0.4) is 0 Å². The van der Waals surface area contributed by atoms with Crippen LogP contribution in [0.15, 0.2) is 18.2 Å². The molecule has 0 saturated heterocycles. The zero-order valence-electron chi connectivity index (χ0n) is 11.3. The van der Waals surface area contributed by atoms with E-state index in [1.807, 2.05) is 0 Å². The molecule has 110 valence electrons. The minimum Gasteiger partial charge on any atom is -0.479 e. The van der Waals surface area contributed by atoms with Gasteiger partial charge in [-0.05, 0) is 39.0 Å². The summed E-state index contributed by atoms with van der Waals surface area (Å²) in [6, 6.07) is 3.23. The summed E-state index contributed by atoms with van der Waals surface area (Å²) >= 11 is 0. The second kappa shape index (κ2) is 5.87. The summed E-state index contributed by atoms with van der Waals surface area (Å²) in [6.45, 7) is 5.03. The van der Waals surface area contributed by atoms with E-state index in [9.17, 15) is 19.1 Å². The highest BCUT2D eigenvalue weighted by molar-refractivity contribution is 5.85. The zero-order valence-corrected chi connectivity index (χ0v) is 11.3. The van der Waals surface area contributed by atoms with E-state index >= 15 is 0 Å². The summed E-state index contributed by atoms with van der Waals surface area (Å²) in [5.41, 5.74) is -1.02. The van der Waals surface area contributed by atoms with Gasteiger partial charge in [-0.2, -0.15) is 0 Å². The van der Waals surface area contributed by atoms with Crippen LogP contribution < -0.4 is 5.32 Å². The van der Waals surface area contributed by atoms with Crippen LogP contribution in [0.25, 0.3) is 0 Å². The molecule has 0 heterocycles. The van der Waals surface area contributed by atoms with Crippen LogP contribution >= 0.6 is 0 Å². The van der Waals surface area contributed by atoms with E-state index in [2.05, 4.69) is 5.32 Å². The van der Waals surface area contributed by atoms with E-state index in [-0.39, 0.29) is 5.69 Å². The maximum absolute atomic E-state index is 13.4. The minimum atomic E-state index is -2.00. The lowest BCUT2D eigenvalue weighted by molar-refractivity contribution is -0.147. The van der Waals surface area contributed by atoms with Gasteiger partial charge in [-0.1, -0.05) is 0 Å². The summed E-state index contributed by atoms with van der Waals surface area (Å²) in [6.07, 6.45) is -2.77. The molecule has 1 unspecified atom stereocenters. The Morgan fingerprint density at radius 3 is 2.45 bits per heavy atom. The van der Waals surface area contributed by atoms with Gasteiger partial charge < -0.3 is 14.9 Å². The van der Waals surface area contributed by atoms with Gasteiger partial charge in [-0.15, -0.1) is 0 Å². The molecule has 6 nitrogen and oxygen atoms in total. The number of benzene rings is 1. The molecule has 1 aromatic carbocycles. The predicted molar refractivity (Wildman–Crippen MR) is 68.9 cm³/mol. The Kier molecular flexibility index (Phi) is 4.67. The van der Waals surface area contributed by atoms with Gasteiger partial charge in [0.1, 0.15) is 11.4 Å². The van der Waals surface area contributed by atoms with E-state index in [1.165, 1.54) is 6.07 Å². The molecule has 1 aromatic rings. The first-order valence-electron chi connectivity index (χ1n) is 5.80. The minimum absolute atomic E-state index is 0.121. The third-order valence-corrected chi connectivity index (χ3v) is 2.17. The normalized spacial score (nSPS) is 12.7. The van der Waals surface area contributed by atoms with Crippen molar-refractivity contribution in [2.45, 2.75) is 32.5 Å². The van der Waals surface area contributed by atoms with Crippen LogP contribution in [0, 0.1) is 5.82 Å². The van der Waals surface area contributed by atoms with Crippen molar-refractivity contribution in [2.75, 3.05) is 5.32 Å². The molecule has 7 heteroatoms. The number of hydrogen-bond donors (Lipinski definition) is 3. The van der Waals surface area contributed by atoms with Crippen LogP contribution in [0.4, 0.5) is 14.9 Å². The molecule has 0 saturated carbocycles. The third-order valence-electron chi connectivity index (χ3n) is 2.17. The number of aliphatic hydroxyl groups is 1. The van der Waals surface area contributed by atoms with Crippen LogP contribution in [-0.2, 0) is 9.53 Å². The number of anilines is 1. The number of aliphatic carboxylic acids is 1. The molecule has 0 aromatic heterocycles. The van der Waals surface area contributed by atoms with E-state index in [4.69, 9.17) is 9.84 Å². The van der Waals surface area contributed by atoms with E-state index < -0.39 is 35.1 Å². The molecule has 1 atom stereocenters. The lowest BCUT2D eigenvalue weighted by Crippen LogP contribution is -2.27. The van der Waals surface area contributed by atoms with Gasteiger partial charge in [0.2, 0.25) is 0 Å². The fourth-order valence-corrected chi connectivity index (χ4v) is 1.39. The van der Waals surface area contributed by atoms with Crippen LogP contribution in [0.2, 0.25) is 0 Å². The fourth-order valence-electron chi connectivity index (χ4n) is 1.39. The number of aliphatic hydroxyl groups excluding tert-OH is 1.